The zero-order chi connectivity index (χ0) is 23.8. The van der Waals surface area contributed by atoms with Crippen molar-refractivity contribution in [1.82, 2.24) is 9.55 Å². The molecule has 2 aromatic heterocycles. The summed E-state index contributed by atoms with van der Waals surface area (Å²) >= 11 is 0. The van der Waals surface area contributed by atoms with Crippen LogP contribution < -0.4 is 15.2 Å². The number of pyridine rings is 2. The quantitative estimate of drug-likeness (QED) is 0.396. The van der Waals surface area contributed by atoms with Crippen molar-refractivity contribution in [3.63, 3.8) is 0 Å². The van der Waals surface area contributed by atoms with E-state index in [0.29, 0.717) is 34.5 Å². The molecule has 34 heavy (non-hydrogen) atoms. The molecule has 4 aromatic rings. The second-order valence-corrected chi connectivity index (χ2v) is 8.13. The number of anilines is 1. The molecule has 0 N–H and O–H groups in total. The number of unbranched alkanes of at least 4 members (excludes halogenated alkanes) is 1. The number of hydrogen-bond donors (Lipinski definition) is 0. The molecule has 0 atom stereocenters. The molecule has 5 rings (SSSR count). The molecule has 0 unspecified atom stereocenters. The minimum absolute atomic E-state index is 0.0380. The van der Waals surface area contributed by atoms with E-state index in [-0.39, 0.29) is 16.8 Å². The van der Waals surface area contributed by atoms with E-state index in [2.05, 4.69) is 4.98 Å². The third kappa shape index (κ3) is 3.28. The number of aromatic nitrogens is 2. The number of aryl methyl sites for hydroxylation is 1. The summed E-state index contributed by atoms with van der Waals surface area (Å²) in [7, 11) is 1.56. The van der Waals surface area contributed by atoms with Gasteiger partial charge < -0.3 is 4.74 Å². The molecule has 0 bridgehead atoms. The molecular weight excluding hydrogens is 430 g/mol. The lowest BCUT2D eigenvalue weighted by Crippen LogP contribution is -2.37. The molecule has 0 aliphatic carbocycles. The van der Waals surface area contributed by atoms with Crippen LogP contribution in [0.2, 0.25) is 0 Å². The Morgan fingerprint density at radius 1 is 0.912 bits per heavy atom. The molecule has 1 aliphatic rings. The summed E-state index contributed by atoms with van der Waals surface area (Å²) < 4.78 is 6.98. The number of amides is 2. The van der Waals surface area contributed by atoms with Crippen molar-refractivity contribution < 1.29 is 14.3 Å². The van der Waals surface area contributed by atoms with E-state index in [0.717, 1.165) is 17.7 Å². The van der Waals surface area contributed by atoms with Crippen LogP contribution in [0.25, 0.3) is 22.2 Å². The normalized spacial score (nSPS) is 12.9. The molecule has 170 valence electrons. The molecule has 0 spiro atoms. The van der Waals surface area contributed by atoms with Gasteiger partial charge >= 0.3 is 0 Å². The van der Waals surface area contributed by atoms with Gasteiger partial charge in [-0.15, -0.1) is 0 Å². The smallest absolute Gasteiger partial charge is 0.277 e. The summed E-state index contributed by atoms with van der Waals surface area (Å²) in [5.74, 6) is -0.419. The molecular formula is C27H23N3O4. The first-order valence-electron chi connectivity index (χ1n) is 11.2. The molecule has 0 saturated heterocycles. The number of imide groups is 1. The molecule has 3 heterocycles. The van der Waals surface area contributed by atoms with Gasteiger partial charge in [0.2, 0.25) is 0 Å². The van der Waals surface area contributed by atoms with Gasteiger partial charge in [0.15, 0.2) is 0 Å². The van der Waals surface area contributed by atoms with E-state index in [4.69, 9.17) is 4.74 Å². The monoisotopic (exact) mass is 453 g/mol. The SMILES string of the molecule is CCCCn1c(=O)c(N2C(=O)c3ccccc3C2=O)c(-c2cccc(OC)c2)c2cccnc21. The van der Waals surface area contributed by atoms with Gasteiger partial charge in [-0.3, -0.25) is 19.0 Å². The van der Waals surface area contributed by atoms with Crippen LogP contribution in [0.4, 0.5) is 5.69 Å². The standard InChI is InChI=1S/C27H23N3O4/c1-3-4-15-29-24-21(13-8-14-28-24)22(17-9-7-10-18(16-17)34-2)23(27(29)33)30-25(31)19-11-5-6-12-20(19)26(30)32/h5-14,16H,3-4,15H2,1-2H3. The lowest BCUT2D eigenvalue weighted by molar-refractivity contribution is 0.0925. The predicted molar refractivity (Wildman–Crippen MR) is 130 cm³/mol. The van der Waals surface area contributed by atoms with Crippen LogP contribution in [-0.2, 0) is 6.54 Å². The minimum Gasteiger partial charge on any atom is -0.497 e. The first-order chi connectivity index (χ1) is 16.6. The van der Waals surface area contributed by atoms with Gasteiger partial charge in [-0.25, -0.2) is 9.88 Å². The Balaban J connectivity index is 1.88. The van der Waals surface area contributed by atoms with E-state index >= 15 is 0 Å². The highest BCUT2D eigenvalue weighted by atomic mass is 16.5. The van der Waals surface area contributed by atoms with Crippen LogP contribution in [-0.4, -0.2) is 28.5 Å². The lowest BCUT2D eigenvalue weighted by Gasteiger charge is -2.22. The molecule has 0 radical (unpaired) electrons. The van der Waals surface area contributed by atoms with Gasteiger partial charge in [0.25, 0.3) is 17.4 Å². The average Bonchev–Trinajstić information content (AvgIpc) is 3.12. The van der Waals surface area contributed by atoms with Crippen molar-refractivity contribution in [2.24, 2.45) is 0 Å². The maximum Gasteiger partial charge on any atom is 0.277 e. The highest BCUT2D eigenvalue weighted by Gasteiger charge is 2.40. The number of carbonyl (C=O) groups excluding carboxylic acids is 2. The number of benzene rings is 2. The number of carbonyl (C=O) groups is 2. The van der Waals surface area contributed by atoms with E-state index in [1.165, 1.54) is 0 Å². The van der Waals surface area contributed by atoms with Crippen molar-refractivity contribution in [3.05, 3.63) is 88.3 Å². The van der Waals surface area contributed by atoms with Gasteiger partial charge in [0, 0.05) is 23.7 Å². The van der Waals surface area contributed by atoms with Crippen LogP contribution in [0.3, 0.4) is 0 Å². The first kappa shape index (κ1) is 21.6. The summed E-state index contributed by atoms with van der Waals surface area (Å²) in [6, 6.07) is 17.5. The molecule has 0 fully saturated rings. The Morgan fingerprint density at radius 2 is 1.65 bits per heavy atom. The summed E-state index contributed by atoms with van der Waals surface area (Å²) in [6.45, 7) is 2.47. The van der Waals surface area contributed by atoms with Gasteiger partial charge in [-0.05, 0) is 48.4 Å². The minimum atomic E-state index is -0.507. The van der Waals surface area contributed by atoms with Gasteiger partial charge in [0.1, 0.15) is 17.1 Å². The average molecular weight is 453 g/mol. The van der Waals surface area contributed by atoms with Crippen molar-refractivity contribution in [1.29, 1.82) is 0 Å². The zero-order valence-electron chi connectivity index (χ0n) is 18.9. The summed E-state index contributed by atoms with van der Waals surface area (Å²) in [5.41, 5.74) is 1.84. The van der Waals surface area contributed by atoms with Crippen LogP contribution >= 0.6 is 0 Å². The van der Waals surface area contributed by atoms with E-state index < -0.39 is 17.4 Å². The second-order valence-electron chi connectivity index (χ2n) is 8.13. The second kappa shape index (κ2) is 8.59. The van der Waals surface area contributed by atoms with Crippen LogP contribution in [0.1, 0.15) is 40.5 Å². The fourth-order valence-electron chi connectivity index (χ4n) is 4.46. The molecule has 2 amide bonds. The Morgan fingerprint density at radius 3 is 2.32 bits per heavy atom. The first-order valence-corrected chi connectivity index (χ1v) is 11.2. The molecule has 7 nitrogen and oxygen atoms in total. The highest BCUT2D eigenvalue weighted by molar-refractivity contribution is 6.35. The molecule has 0 saturated carbocycles. The van der Waals surface area contributed by atoms with Gasteiger partial charge in [0.05, 0.1) is 18.2 Å². The fourth-order valence-corrected chi connectivity index (χ4v) is 4.46. The molecule has 7 heteroatoms. The van der Waals surface area contributed by atoms with Crippen LogP contribution in [0.5, 0.6) is 5.75 Å². The number of fused-ring (bicyclic) bond motifs is 2. The third-order valence-electron chi connectivity index (χ3n) is 6.11. The summed E-state index contributed by atoms with van der Waals surface area (Å²) in [4.78, 5) is 46.4. The Bertz CT molecular complexity index is 1470. The van der Waals surface area contributed by atoms with E-state index in [9.17, 15) is 14.4 Å². The zero-order valence-corrected chi connectivity index (χ0v) is 18.9. The number of hydrogen-bond acceptors (Lipinski definition) is 5. The maximum atomic E-state index is 14.0. The fraction of sp³-hybridized carbons (Fsp3) is 0.185. The van der Waals surface area contributed by atoms with Crippen LogP contribution in [0.15, 0.2) is 71.7 Å². The topological polar surface area (TPSA) is 81.5 Å². The van der Waals surface area contributed by atoms with Gasteiger partial charge in [-0.2, -0.15) is 0 Å². The number of rotatable bonds is 6. The van der Waals surface area contributed by atoms with E-state index in [1.54, 1.807) is 60.3 Å². The van der Waals surface area contributed by atoms with E-state index in [1.807, 2.05) is 25.1 Å². The van der Waals surface area contributed by atoms with Crippen molar-refractivity contribution in [2.45, 2.75) is 26.3 Å². The summed E-state index contributed by atoms with van der Waals surface area (Å²) in [5, 5.41) is 0.679. The van der Waals surface area contributed by atoms with Crippen molar-refractivity contribution in [3.8, 4) is 16.9 Å². The molecule has 2 aromatic carbocycles. The van der Waals surface area contributed by atoms with Gasteiger partial charge in [-0.1, -0.05) is 37.6 Å². The Labute approximate surface area is 196 Å². The van der Waals surface area contributed by atoms with Crippen molar-refractivity contribution >= 4 is 28.5 Å². The molecule has 1 aliphatic heterocycles. The van der Waals surface area contributed by atoms with Crippen LogP contribution in [0, 0.1) is 0 Å². The summed E-state index contributed by atoms with van der Waals surface area (Å²) in [6.07, 6.45) is 3.27. The highest BCUT2D eigenvalue weighted by Crippen LogP contribution is 2.39. The Kier molecular flexibility index (Phi) is 5.45. The number of methoxy groups -OCH3 is 1. The number of nitrogens with zero attached hydrogens (tertiary/aromatic N) is 3. The maximum absolute atomic E-state index is 14.0. The number of ether oxygens (including phenoxy) is 1. The Hall–Kier alpha value is -4.26. The largest absolute Gasteiger partial charge is 0.497 e. The third-order valence-corrected chi connectivity index (χ3v) is 6.11. The lowest BCUT2D eigenvalue weighted by atomic mass is 9.99. The predicted octanol–water partition coefficient (Wildman–Crippen LogP) is 4.67. The van der Waals surface area contributed by atoms with Crippen molar-refractivity contribution in [2.75, 3.05) is 12.0 Å².